The molecule has 0 bridgehead atoms. The minimum absolute atomic E-state index is 0.167. The summed E-state index contributed by atoms with van der Waals surface area (Å²) in [5.74, 6) is -0.968. The number of esters is 4. The molecule has 0 radical (unpaired) electrons. The minimum Gasteiger partial charge on any atom is -0.497 e. The van der Waals surface area contributed by atoms with Gasteiger partial charge in [-0.05, 0) is 70.1 Å². The Labute approximate surface area is 211 Å². The van der Waals surface area contributed by atoms with Gasteiger partial charge < -0.3 is 23.7 Å². The second-order valence-corrected chi connectivity index (χ2v) is 7.88. The first-order valence-corrected chi connectivity index (χ1v) is 11.0. The largest absolute Gasteiger partial charge is 0.497 e. The molecular formula is C28H22O9. The van der Waals surface area contributed by atoms with Crippen molar-refractivity contribution in [3.05, 3.63) is 82.9 Å². The van der Waals surface area contributed by atoms with Crippen LogP contribution in [0.25, 0.3) is 21.5 Å². The topological polar surface area (TPSA) is 114 Å². The number of cyclic esters (lactones) is 2. The van der Waals surface area contributed by atoms with Crippen LogP contribution in [0.1, 0.15) is 41.4 Å². The molecule has 1 heterocycles. The molecule has 0 amide bonds. The molecule has 188 valence electrons. The van der Waals surface area contributed by atoms with Crippen LogP contribution in [0.5, 0.6) is 11.5 Å². The van der Waals surface area contributed by atoms with E-state index >= 15 is 0 Å². The van der Waals surface area contributed by atoms with Gasteiger partial charge in [0.25, 0.3) is 0 Å². The summed E-state index contributed by atoms with van der Waals surface area (Å²) in [4.78, 5) is 46.3. The lowest BCUT2D eigenvalue weighted by Crippen LogP contribution is -2.11. The van der Waals surface area contributed by atoms with E-state index in [1.54, 1.807) is 56.7 Å². The summed E-state index contributed by atoms with van der Waals surface area (Å²) in [5.41, 5.74) is 0.987. The number of carbonyl (C=O) groups excluding carboxylic acids is 4. The van der Waals surface area contributed by atoms with Gasteiger partial charge >= 0.3 is 23.9 Å². The third-order valence-corrected chi connectivity index (χ3v) is 5.80. The second kappa shape index (κ2) is 10.4. The molecule has 0 fully saturated rings. The zero-order valence-corrected chi connectivity index (χ0v) is 20.4. The molecule has 4 aromatic rings. The lowest BCUT2D eigenvalue weighted by Gasteiger charge is -2.09. The van der Waals surface area contributed by atoms with E-state index in [4.69, 9.17) is 18.9 Å². The summed E-state index contributed by atoms with van der Waals surface area (Å²) in [6.07, 6.45) is 0. The first-order chi connectivity index (χ1) is 17.8. The van der Waals surface area contributed by atoms with Crippen LogP contribution in [0.2, 0.25) is 0 Å². The second-order valence-electron chi connectivity index (χ2n) is 7.88. The third-order valence-electron chi connectivity index (χ3n) is 5.80. The molecule has 0 N–H and O–H groups in total. The molecule has 9 heteroatoms. The Hall–Kier alpha value is -4.92. The number of methoxy groups -OCH3 is 4. The average molecular weight is 502 g/mol. The van der Waals surface area contributed by atoms with E-state index in [0.29, 0.717) is 22.6 Å². The van der Waals surface area contributed by atoms with Gasteiger partial charge in [-0.2, -0.15) is 0 Å². The van der Waals surface area contributed by atoms with Crippen molar-refractivity contribution in [2.45, 2.75) is 0 Å². The molecule has 0 spiro atoms. The van der Waals surface area contributed by atoms with E-state index in [2.05, 4.69) is 4.74 Å². The van der Waals surface area contributed by atoms with Crippen molar-refractivity contribution in [1.29, 1.82) is 0 Å². The maximum atomic E-state index is 11.8. The summed E-state index contributed by atoms with van der Waals surface area (Å²) in [6, 6.07) is 17.3. The summed E-state index contributed by atoms with van der Waals surface area (Å²) in [5, 5.41) is 3.29. The number of fused-ring (bicyclic) bond motifs is 3. The Bertz CT molecular complexity index is 1570. The molecule has 37 heavy (non-hydrogen) atoms. The Morgan fingerprint density at radius 2 is 0.973 bits per heavy atom. The van der Waals surface area contributed by atoms with Crippen molar-refractivity contribution in [2.75, 3.05) is 28.4 Å². The lowest BCUT2D eigenvalue weighted by molar-refractivity contribution is 0.0442. The van der Waals surface area contributed by atoms with E-state index in [9.17, 15) is 19.2 Å². The molecule has 0 aliphatic carbocycles. The molecule has 1 aliphatic rings. The molecule has 0 saturated carbocycles. The number of rotatable bonds is 4. The van der Waals surface area contributed by atoms with Gasteiger partial charge in [0.15, 0.2) is 0 Å². The Kier molecular flexibility index (Phi) is 7.06. The van der Waals surface area contributed by atoms with Gasteiger partial charge in [-0.1, -0.05) is 12.1 Å². The summed E-state index contributed by atoms with van der Waals surface area (Å²) >= 11 is 0. The quantitative estimate of drug-likeness (QED) is 0.225. The number of hydrogen-bond donors (Lipinski definition) is 0. The van der Waals surface area contributed by atoms with E-state index in [1.807, 2.05) is 18.2 Å². The molecule has 4 aromatic carbocycles. The smallest absolute Gasteiger partial charge is 0.346 e. The van der Waals surface area contributed by atoms with Crippen molar-refractivity contribution in [2.24, 2.45) is 0 Å². The summed E-state index contributed by atoms with van der Waals surface area (Å²) in [6.45, 7) is 0. The number of carbonyl (C=O) groups is 4. The van der Waals surface area contributed by atoms with Gasteiger partial charge in [-0.25, -0.2) is 19.2 Å². The average Bonchev–Trinajstić information content (AvgIpc) is 3.21. The van der Waals surface area contributed by atoms with Crippen LogP contribution in [0.4, 0.5) is 0 Å². The molecule has 1 aliphatic heterocycles. The molecule has 0 unspecified atom stereocenters. The number of benzene rings is 4. The van der Waals surface area contributed by atoms with Crippen molar-refractivity contribution < 1.29 is 42.9 Å². The maximum absolute atomic E-state index is 11.8. The molecule has 0 atom stereocenters. The van der Waals surface area contributed by atoms with Crippen LogP contribution in [-0.4, -0.2) is 52.3 Å². The SMILES string of the molecule is COC(=O)c1cc2ccc(OC)cc2cc1C(=O)OC.COc1ccc2cc3c(cc2c1)C(=O)OC3=O. The van der Waals surface area contributed by atoms with Crippen LogP contribution in [0.3, 0.4) is 0 Å². The zero-order valence-electron chi connectivity index (χ0n) is 20.4. The number of ether oxygens (including phenoxy) is 5. The van der Waals surface area contributed by atoms with E-state index in [1.165, 1.54) is 14.2 Å². The van der Waals surface area contributed by atoms with Gasteiger partial charge in [0.05, 0.1) is 50.7 Å². The summed E-state index contributed by atoms with van der Waals surface area (Å²) < 4.78 is 24.2. The Morgan fingerprint density at radius 1 is 0.568 bits per heavy atom. The first kappa shape index (κ1) is 25.2. The fraction of sp³-hybridized carbons (Fsp3) is 0.143. The molecule has 0 aromatic heterocycles. The van der Waals surface area contributed by atoms with Gasteiger partial charge in [0, 0.05) is 0 Å². The monoisotopic (exact) mass is 502 g/mol. The molecule has 5 rings (SSSR count). The molecular weight excluding hydrogens is 480 g/mol. The van der Waals surface area contributed by atoms with Crippen LogP contribution in [0.15, 0.2) is 60.7 Å². The van der Waals surface area contributed by atoms with Gasteiger partial charge in [-0.15, -0.1) is 0 Å². The van der Waals surface area contributed by atoms with Crippen LogP contribution in [-0.2, 0) is 14.2 Å². The van der Waals surface area contributed by atoms with Crippen molar-refractivity contribution >= 4 is 45.4 Å². The predicted molar refractivity (Wildman–Crippen MR) is 133 cm³/mol. The lowest BCUT2D eigenvalue weighted by atomic mass is 10.0. The summed E-state index contributed by atoms with van der Waals surface area (Å²) in [7, 11) is 5.66. The van der Waals surface area contributed by atoms with Crippen molar-refractivity contribution in [3.8, 4) is 11.5 Å². The van der Waals surface area contributed by atoms with E-state index < -0.39 is 23.9 Å². The van der Waals surface area contributed by atoms with Gasteiger partial charge in [0.2, 0.25) is 0 Å². The highest BCUT2D eigenvalue weighted by atomic mass is 16.6. The fourth-order valence-corrected chi connectivity index (χ4v) is 3.90. The standard InChI is InChI=1S/C15H14O5.C13H8O4/c1-18-11-5-4-9-7-12(14(16)19-2)13(15(17)20-3)8-10(9)6-11;1-16-9-3-2-7-5-10-11(6-8(7)4-9)13(15)17-12(10)14/h4-8H,1-3H3;2-6H,1H3. The van der Waals surface area contributed by atoms with Crippen molar-refractivity contribution in [3.63, 3.8) is 0 Å². The molecule has 0 saturated heterocycles. The van der Waals surface area contributed by atoms with Crippen LogP contribution < -0.4 is 9.47 Å². The highest BCUT2D eigenvalue weighted by molar-refractivity contribution is 6.17. The van der Waals surface area contributed by atoms with Crippen LogP contribution >= 0.6 is 0 Å². The fourth-order valence-electron chi connectivity index (χ4n) is 3.90. The molecule has 9 nitrogen and oxygen atoms in total. The van der Waals surface area contributed by atoms with E-state index in [-0.39, 0.29) is 11.1 Å². The van der Waals surface area contributed by atoms with E-state index in [0.717, 1.165) is 21.5 Å². The highest BCUT2D eigenvalue weighted by Gasteiger charge is 2.29. The third kappa shape index (κ3) is 4.92. The zero-order chi connectivity index (χ0) is 26.7. The minimum atomic E-state index is -0.588. The van der Waals surface area contributed by atoms with Gasteiger partial charge in [-0.3, -0.25) is 0 Å². The number of hydrogen-bond acceptors (Lipinski definition) is 9. The maximum Gasteiger partial charge on any atom is 0.346 e. The first-order valence-electron chi connectivity index (χ1n) is 11.0. The highest BCUT2D eigenvalue weighted by Crippen LogP contribution is 2.29. The Morgan fingerprint density at radius 3 is 1.43 bits per heavy atom. The van der Waals surface area contributed by atoms with Crippen LogP contribution in [0, 0.1) is 0 Å². The van der Waals surface area contributed by atoms with Crippen molar-refractivity contribution in [1.82, 2.24) is 0 Å². The normalized spacial score (nSPS) is 11.8. The Balaban J connectivity index is 0.000000175. The predicted octanol–water partition coefficient (Wildman–Crippen LogP) is 4.58. The van der Waals surface area contributed by atoms with Gasteiger partial charge in [0.1, 0.15) is 11.5 Å².